The van der Waals surface area contributed by atoms with Gasteiger partial charge in [-0.15, -0.1) is 0 Å². The fourth-order valence-electron chi connectivity index (χ4n) is 5.33. The summed E-state index contributed by atoms with van der Waals surface area (Å²) in [7, 11) is 3.43. The van der Waals surface area contributed by atoms with Crippen LogP contribution in [0.3, 0.4) is 0 Å². The first-order chi connectivity index (χ1) is 14.0. The minimum absolute atomic E-state index is 0.111. The van der Waals surface area contributed by atoms with Crippen LogP contribution in [0.2, 0.25) is 0 Å². The third-order valence-corrected chi connectivity index (χ3v) is 6.93. The molecule has 3 atom stereocenters. The fourth-order valence-corrected chi connectivity index (χ4v) is 5.33. The lowest BCUT2D eigenvalue weighted by atomic mass is 9.66. The molecule has 1 aliphatic carbocycles. The Morgan fingerprint density at radius 2 is 1.83 bits per heavy atom. The van der Waals surface area contributed by atoms with Gasteiger partial charge in [-0.3, -0.25) is 4.90 Å². The van der Waals surface area contributed by atoms with Crippen molar-refractivity contribution in [2.45, 2.75) is 57.2 Å². The summed E-state index contributed by atoms with van der Waals surface area (Å²) in [5.41, 5.74) is 3.13. The van der Waals surface area contributed by atoms with Gasteiger partial charge in [0, 0.05) is 30.6 Å². The van der Waals surface area contributed by atoms with Gasteiger partial charge in [0.1, 0.15) is 11.5 Å². The number of benzene rings is 2. The van der Waals surface area contributed by atoms with E-state index < -0.39 is 5.60 Å². The van der Waals surface area contributed by atoms with Gasteiger partial charge >= 0.3 is 0 Å². The lowest BCUT2D eigenvalue weighted by Crippen LogP contribution is -2.54. The zero-order valence-corrected chi connectivity index (χ0v) is 17.9. The number of fused-ring (bicyclic) bond motifs is 1. The molecule has 2 aliphatic rings. The van der Waals surface area contributed by atoms with Crippen LogP contribution >= 0.6 is 0 Å². The summed E-state index contributed by atoms with van der Waals surface area (Å²) >= 11 is 0. The van der Waals surface area contributed by atoms with Crippen LogP contribution in [-0.4, -0.2) is 36.4 Å². The molecule has 4 rings (SSSR count). The van der Waals surface area contributed by atoms with Gasteiger partial charge in [-0.1, -0.05) is 42.7 Å². The highest BCUT2D eigenvalue weighted by Gasteiger charge is 2.49. The number of likely N-dealkylation sites (tertiary alicyclic amines) is 1. The number of aliphatic hydroxyl groups is 1. The zero-order chi connectivity index (χ0) is 20.4. The van der Waals surface area contributed by atoms with Crippen LogP contribution in [-0.2, 0) is 6.54 Å². The van der Waals surface area contributed by atoms with Crippen molar-refractivity contribution in [3.8, 4) is 11.5 Å². The first kappa shape index (κ1) is 20.2. The second-order valence-corrected chi connectivity index (χ2v) is 8.71. The highest BCUT2D eigenvalue weighted by atomic mass is 16.5. The van der Waals surface area contributed by atoms with Crippen molar-refractivity contribution in [3.63, 3.8) is 0 Å². The molecule has 0 aromatic heterocycles. The number of ether oxygens (including phenoxy) is 2. The largest absolute Gasteiger partial charge is 0.497 e. The molecule has 0 bridgehead atoms. The molecule has 0 unspecified atom stereocenters. The van der Waals surface area contributed by atoms with Crippen molar-refractivity contribution < 1.29 is 14.6 Å². The number of methoxy groups -OCH3 is 2. The molecule has 2 aromatic rings. The minimum Gasteiger partial charge on any atom is -0.497 e. The van der Waals surface area contributed by atoms with Crippen LogP contribution in [0.25, 0.3) is 0 Å². The van der Waals surface area contributed by atoms with E-state index in [9.17, 15) is 5.11 Å². The Kier molecular flexibility index (Phi) is 5.84. The van der Waals surface area contributed by atoms with E-state index in [2.05, 4.69) is 42.2 Å². The average molecular weight is 396 g/mol. The molecule has 0 spiro atoms. The first-order valence-corrected chi connectivity index (χ1v) is 10.8. The Hall–Kier alpha value is -2.04. The SMILES string of the molecule is COc1ccc(OC)c([C@H]2[C@H]3CCCC[C@@]3(O)CCN2Cc2ccc(C)cc2)c1. The topological polar surface area (TPSA) is 41.9 Å². The van der Waals surface area contributed by atoms with Crippen LogP contribution in [0.1, 0.15) is 54.8 Å². The number of hydrogen-bond donors (Lipinski definition) is 1. The van der Waals surface area contributed by atoms with Crippen LogP contribution in [0, 0.1) is 12.8 Å². The summed E-state index contributed by atoms with van der Waals surface area (Å²) in [6.07, 6.45) is 5.08. The third kappa shape index (κ3) is 4.01. The van der Waals surface area contributed by atoms with Crippen LogP contribution in [0.15, 0.2) is 42.5 Å². The summed E-state index contributed by atoms with van der Waals surface area (Å²) in [5, 5.41) is 11.5. The molecule has 29 heavy (non-hydrogen) atoms. The van der Waals surface area contributed by atoms with E-state index in [1.165, 1.54) is 17.5 Å². The number of piperidine rings is 1. The Morgan fingerprint density at radius 1 is 1.03 bits per heavy atom. The van der Waals surface area contributed by atoms with Crippen LogP contribution in [0.4, 0.5) is 0 Å². The van der Waals surface area contributed by atoms with E-state index in [0.29, 0.717) is 0 Å². The van der Waals surface area contributed by atoms with E-state index in [-0.39, 0.29) is 12.0 Å². The minimum atomic E-state index is -0.583. The second kappa shape index (κ2) is 8.37. The third-order valence-electron chi connectivity index (χ3n) is 6.93. The molecule has 0 amide bonds. The Morgan fingerprint density at radius 3 is 2.55 bits per heavy atom. The molecule has 0 radical (unpaired) electrons. The molecular weight excluding hydrogens is 362 g/mol. The van der Waals surface area contributed by atoms with Crippen LogP contribution < -0.4 is 9.47 Å². The summed E-state index contributed by atoms with van der Waals surface area (Å²) in [5.74, 6) is 1.91. The highest BCUT2D eigenvalue weighted by Crippen LogP contribution is 2.51. The average Bonchev–Trinajstić information content (AvgIpc) is 2.74. The molecule has 156 valence electrons. The number of rotatable bonds is 5. The van der Waals surface area contributed by atoms with Gasteiger partial charge in [0.15, 0.2) is 0 Å². The predicted molar refractivity (Wildman–Crippen MR) is 115 cm³/mol. The highest BCUT2D eigenvalue weighted by molar-refractivity contribution is 5.43. The zero-order valence-electron chi connectivity index (χ0n) is 17.9. The van der Waals surface area contributed by atoms with Gasteiger partial charge in [0.05, 0.1) is 19.8 Å². The van der Waals surface area contributed by atoms with Crippen molar-refractivity contribution in [3.05, 3.63) is 59.2 Å². The van der Waals surface area contributed by atoms with Gasteiger partial charge in [0.2, 0.25) is 0 Å². The van der Waals surface area contributed by atoms with Crippen molar-refractivity contribution >= 4 is 0 Å². The standard InChI is InChI=1S/C25H33NO3/c1-18-7-9-19(10-8-18)17-26-15-14-25(27)13-5-4-6-22(25)24(26)21-16-20(28-2)11-12-23(21)29-3/h7-12,16,22,24,27H,4-6,13-15,17H2,1-3H3/t22-,24+,25-/m1/s1. The van der Waals surface area contributed by atoms with Gasteiger partial charge < -0.3 is 14.6 Å². The Bertz CT molecular complexity index is 834. The summed E-state index contributed by atoms with van der Waals surface area (Å²) < 4.78 is 11.3. The molecule has 2 fully saturated rings. The number of hydrogen-bond acceptors (Lipinski definition) is 4. The molecule has 4 nitrogen and oxygen atoms in total. The van der Waals surface area contributed by atoms with Crippen molar-refractivity contribution in [2.24, 2.45) is 5.92 Å². The quantitative estimate of drug-likeness (QED) is 0.783. The second-order valence-electron chi connectivity index (χ2n) is 8.71. The normalized spacial score (nSPS) is 27.3. The smallest absolute Gasteiger partial charge is 0.123 e. The maximum absolute atomic E-state index is 11.5. The van der Waals surface area contributed by atoms with Crippen molar-refractivity contribution in [1.29, 1.82) is 0 Å². The summed E-state index contributed by atoms with van der Waals surface area (Å²) in [6.45, 7) is 3.88. The van der Waals surface area contributed by atoms with Crippen molar-refractivity contribution in [2.75, 3.05) is 20.8 Å². The molecule has 4 heteroatoms. The maximum Gasteiger partial charge on any atom is 0.123 e. The van der Waals surface area contributed by atoms with E-state index in [0.717, 1.165) is 55.8 Å². The predicted octanol–water partition coefficient (Wildman–Crippen LogP) is 4.88. The van der Waals surface area contributed by atoms with E-state index in [4.69, 9.17) is 9.47 Å². The molecular formula is C25H33NO3. The van der Waals surface area contributed by atoms with Gasteiger partial charge in [-0.05, 0) is 49.9 Å². The van der Waals surface area contributed by atoms with Gasteiger partial charge in [-0.25, -0.2) is 0 Å². The van der Waals surface area contributed by atoms with E-state index >= 15 is 0 Å². The lowest BCUT2D eigenvalue weighted by Gasteiger charge is -2.53. The van der Waals surface area contributed by atoms with Gasteiger partial charge in [0.25, 0.3) is 0 Å². The van der Waals surface area contributed by atoms with E-state index in [1.54, 1.807) is 14.2 Å². The summed E-state index contributed by atoms with van der Waals surface area (Å²) in [4.78, 5) is 2.53. The van der Waals surface area contributed by atoms with E-state index in [1.807, 2.05) is 12.1 Å². The maximum atomic E-state index is 11.5. The number of nitrogens with zero attached hydrogens (tertiary/aromatic N) is 1. The lowest BCUT2D eigenvalue weighted by molar-refractivity contribution is -0.126. The molecule has 1 aliphatic heterocycles. The summed E-state index contributed by atoms with van der Waals surface area (Å²) in [6, 6.07) is 15.0. The molecule has 2 aromatic carbocycles. The monoisotopic (exact) mass is 395 g/mol. The fraction of sp³-hybridized carbons (Fsp3) is 0.520. The molecule has 1 heterocycles. The Balaban J connectivity index is 1.75. The Labute approximate surface area is 174 Å². The van der Waals surface area contributed by atoms with Crippen LogP contribution in [0.5, 0.6) is 11.5 Å². The molecule has 1 N–H and O–H groups in total. The van der Waals surface area contributed by atoms with Crippen molar-refractivity contribution in [1.82, 2.24) is 4.90 Å². The first-order valence-electron chi connectivity index (χ1n) is 10.8. The van der Waals surface area contributed by atoms with Gasteiger partial charge in [-0.2, -0.15) is 0 Å². The number of aryl methyl sites for hydroxylation is 1. The molecule has 1 saturated carbocycles. The molecule has 1 saturated heterocycles.